The van der Waals surface area contributed by atoms with Gasteiger partial charge in [-0.2, -0.15) is 5.10 Å². The molecule has 1 aliphatic rings. The van der Waals surface area contributed by atoms with Crippen LogP contribution in [0.2, 0.25) is 0 Å². The number of hydrogen-bond acceptors (Lipinski definition) is 8. The van der Waals surface area contributed by atoms with Gasteiger partial charge < -0.3 is 0 Å². The molecule has 1 N–H and O–H groups in total. The first kappa shape index (κ1) is 23.9. The molecule has 11 heteroatoms. The summed E-state index contributed by atoms with van der Waals surface area (Å²) in [6.07, 6.45) is 5.46. The van der Waals surface area contributed by atoms with E-state index in [1.54, 1.807) is 28.0 Å². The molecule has 0 bridgehead atoms. The molecule has 5 rings (SSSR count). The molecule has 9 nitrogen and oxygen atoms in total. The van der Waals surface area contributed by atoms with Gasteiger partial charge >= 0.3 is 0 Å². The van der Waals surface area contributed by atoms with Crippen LogP contribution in [0.5, 0.6) is 0 Å². The number of aryl methyl sites for hydroxylation is 2. The third-order valence-electron chi connectivity index (χ3n) is 5.81. The third kappa shape index (κ3) is 4.93. The smallest absolute Gasteiger partial charge is 0.269 e. The fourth-order valence-corrected chi connectivity index (χ4v) is 6.22. The van der Waals surface area contributed by atoms with Gasteiger partial charge in [0.05, 0.1) is 28.0 Å². The van der Waals surface area contributed by atoms with E-state index in [1.807, 2.05) is 30.3 Å². The van der Waals surface area contributed by atoms with Crippen LogP contribution >= 0.6 is 23.1 Å². The Balaban J connectivity index is 1.37. The summed E-state index contributed by atoms with van der Waals surface area (Å²) in [5, 5.41) is 15.8. The van der Waals surface area contributed by atoms with Crippen molar-refractivity contribution in [3.8, 4) is 5.69 Å². The molecule has 0 radical (unpaired) electrons. The number of nitrogens with one attached hydrogen (secondary N) is 1. The van der Waals surface area contributed by atoms with Gasteiger partial charge in [-0.1, -0.05) is 30.0 Å². The number of hydrogen-bond donors (Lipinski definition) is 1. The van der Waals surface area contributed by atoms with Crippen molar-refractivity contribution in [3.63, 3.8) is 0 Å². The summed E-state index contributed by atoms with van der Waals surface area (Å²) in [5.41, 5.74) is 4.76. The van der Waals surface area contributed by atoms with E-state index in [0.29, 0.717) is 21.8 Å². The number of benzene rings is 2. The Morgan fingerprint density at radius 2 is 1.92 bits per heavy atom. The number of thioether (sulfide) groups is 1. The van der Waals surface area contributed by atoms with E-state index in [4.69, 9.17) is 4.98 Å². The zero-order valence-corrected chi connectivity index (χ0v) is 20.7. The first-order valence-electron chi connectivity index (χ1n) is 11.3. The van der Waals surface area contributed by atoms with Crippen molar-refractivity contribution in [2.24, 2.45) is 5.10 Å². The molecule has 0 saturated carbocycles. The van der Waals surface area contributed by atoms with Crippen LogP contribution in [-0.4, -0.2) is 32.3 Å². The van der Waals surface area contributed by atoms with E-state index < -0.39 is 4.92 Å². The molecule has 1 amide bonds. The quantitative estimate of drug-likeness (QED) is 0.126. The summed E-state index contributed by atoms with van der Waals surface area (Å²) < 4.78 is 1.59. The van der Waals surface area contributed by atoms with Crippen LogP contribution in [0.3, 0.4) is 0 Å². The molecule has 36 heavy (non-hydrogen) atoms. The minimum atomic E-state index is -0.480. The molecule has 2 aromatic heterocycles. The summed E-state index contributed by atoms with van der Waals surface area (Å²) in [6.45, 7) is 0. The zero-order valence-electron chi connectivity index (χ0n) is 19.0. The van der Waals surface area contributed by atoms with Crippen LogP contribution in [0.15, 0.2) is 69.6 Å². The first-order valence-corrected chi connectivity index (χ1v) is 13.1. The average molecular weight is 520 g/mol. The number of nitro groups is 1. The Hall–Kier alpha value is -3.83. The molecular weight excluding hydrogens is 498 g/mol. The summed E-state index contributed by atoms with van der Waals surface area (Å²) in [6, 6.07) is 15.1. The largest absolute Gasteiger partial charge is 0.272 e. The summed E-state index contributed by atoms with van der Waals surface area (Å²) in [4.78, 5) is 43.2. The highest BCUT2D eigenvalue weighted by Crippen LogP contribution is 2.35. The predicted molar refractivity (Wildman–Crippen MR) is 141 cm³/mol. The number of carbonyl (C=O) groups excluding carboxylic acids is 1. The topological polar surface area (TPSA) is 119 Å². The molecule has 2 heterocycles. The molecule has 0 aliphatic heterocycles. The maximum Gasteiger partial charge on any atom is 0.269 e. The second-order valence-corrected chi connectivity index (χ2v) is 10.2. The number of aromatic nitrogens is 2. The van der Waals surface area contributed by atoms with E-state index in [0.717, 1.165) is 36.1 Å². The van der Waals surface area contributed by atoms with Crippen LogP contribution in [0, 0.1) is 10.1 Å². The number of carbonyl (C=O) groups is 1. The minimum Gasteiger partial charge on any atom is -0.272 e. The number of nitrogens with zero attached hydrogens (tertiary/aromatic N) is 4. The predicted octanol–water partition coefficient (Wildman–Crippen LogP) is 4.48. The van der Waals surface area contributed by atoms with Gasteiger partial charge in [-0.05, 0) is 61.1 Å². The Morgan fingerprint density at radius 1 is 1.17 bits per heavy atom. The highest BCUT2D eigenvalue weighted by molar-refractivity contribution is 7.99. The van der Waals surface area contributed by atoms with E-state index in [9.17, 15) is 19.7 Å². The number of para-hydroxylation sites is 1. The van der Waals surface area contributed by atoms with Gasteiger partial charge in [-0.15, -0.1) is 11.3 Å². The van der Waals surface area contributed by atoms with Gasteiger partial charge in [-0.3, -0.25) is 24.3 Å². The summed E-state index contributed by atoms with van der Waals surface area (Å²) >= 11 is 2.75. The number of non-ortho nitro benzene ring substituents is 1. The van der Waals surface area contributed by atoms with Gasteiger partial charge in [0, 0.05) is 17.0 Å². The van der Waals surface area contributed by atoms with Gasteiger partial charge in [-0.25, -0.2) is 10.4 Å². The van der Waals surface area contributed by atoms with Crippen molar-refractivity contribution in [1.29, 1.82) is 0 Å². The monoisotopic (exact) mass is 519 g/mol. The van der Waals surface area contributed by atoms with E-state index in [2.05, 4.69) is 10.5 Å². The fraction of sp³-hybridized carbons (Fsp3) is 0.200. The van der Waals surface area contributed by atoms with Crippen LogP contribution < -0.4 is 11.0 Å². The van der Waals surface area contributed by atoms with Gasteiger partial charge in [0.15, 0.2) is 5.16 Å². The first-order chi connectivity index (χ1) is 17.5. The molecule has 182 valence electrons. The third-order valence-corrected chi connectivity index (χ3v) is 7.94. The Labute approximate surface area is 214 Å². The number of fused-ring (bicyclic) bond motifs is 3. The van der Waals surface area contributed by atoms with Crippen molar-refractivity contribution < 1.29 is 9.72 Å². The normalized spacial score (nSPS) is 13.1. The molecule has 2 aromatic carbocycles. The molecule has 0 fully saturated rings. The number of rotatable bonds is 7. The Kier molecular flexibility index (Phi) is 6.92. The van der Waals surface area contributed by atoms with Crippen LogP contribution in [0.25, 0.3) is 15.9 Å². The molecule has 1 aliphatic carbocycles. The second kappa shape index (κ2) is 10.4. The lowest BCUT2D eigenvalue weighted by atomic mass is 9.97. The number of amides is 1. The molecule has 4 aromatic rings. The van der Waals surface area contributed by atoms with Gasteiger partial charge in [0.2, 0.25) is 0 Å². The van der Waals surface area contributed by atoms with Crippen molar-refractivity contribution in [3.05, 3.63) is 91.1 Å². The minimum absolute atomic E-state index is 0.00741. The lowest BCUT2D eigenvalue weighted by Crippen LogP contribution is -2.24. The van der Waals surface area contributed by atoms with Crippen molar-refractivity contribution in [2.75, 3.05) is 5.75 Å². The van der Waals surface area contributed by atoms with E-state index in [1.165, 1.54) is 35.0 Å². The van der Waals surface area contributed by atoms with Crippen LogP contribution in [0.4, 0.5) is 5.69 Å². The number of hydrazone groups is 1. The van der Waals surface area contributed by atoms with Gasteiger partial charge in [0.1, 0.15) is 4.83 Å². The Morgan fingerprint density at radius 3 is 2.67 bits per heavy atom. The molecule has 0 atom stereocenters. The summed E-state index contributed by atoms with van der Waals surface area (Å²) in [7, 11) is 0. The Bertz CT molecular complexity index is 1530. The molecule has 0 saturated heterocycles. The standard InChI is InChI=1S/C25H21N5O4S2/c31-21(28-26-14-16-10-12-18(13-11-16)30(33)34)15-35-25-27-23-22(19-8-4-5-9-20(19)36-23)24(32)29(25)17-6-2-1-3-7-17/h1-3,6-7,10-14H,4-5,8-9,15H2,(H,28,31). The summed E-state index contributed by atoms with van der Waals surface area (Å²) in [5.74, 6) is -0.356. The second-order valence-electron chi connectivity index (χ2n) is 8.19. The van der Waals surface area contributed by atoms with Gasteiger partial charge in [0.25, 0.3) is 17.2 Å². The van der Waals surface area contributed by atoms with Crippen LogP contribution in [-0.2, 0) is 17.6 Å². The molecule has 0 spiro atoms. The fourth-order valence-electron chi connectivity index (χ4n) is 4.11. The van der Waals surface area contributed by atoms with Crippen molar-refractivity contribution >= 4 is 51.1 Å². The van der Waals surface area contributed by atoms with Crippen LogP contribution in [0.1, 0.15) is 28.8 Å². The lowest BCUT2D eigenvalue weighted by Gasteiger charge is -2.13. The lowest BCUT2D eigenvalue weighted by molar-refractivity contribution is -0.384. The average Bonchev–Trinajstić information content (AvgIpc) is 3.27. The van der Waals surface area contributed by atoms with Crippen molar-refractivity contribution in [2.45, 2.75) is 30.8 Å². The number of nitro benzene ring substituents is 1. The SMILES string of the molecule is O=C(CSc1nc2sc3c(c2c(=O)n1-c1ccccc1)CCCC3)NN=Cc1ccc([N+](=O)[O-])cc1. The molecule has 0 unspecified atom stereocenters. The number of thiophene rings is 1. The van der Waals surface area contributed by atoms with E-state index >= 15 is 0 Å². The van der Waals surface area contributed by atoms with E-state index in [-0.39, 0.29) is 22.9 Å². The van der Waals surface area contributed by atoms with Crippen molar-refractivity contribution in [1.82, 2.24) is 15.0 Å². The maximum atomic E-state index is 13.7. The highest BCUT2D eigenvalue weighted by atomic mass is 32.2. The maximum absolute atomic E-state index is 13.7. The molecular formula is C25H21N5O4S2. The highest BCUT2D eigenvalue weighted by Gasteiger charge is 2.23. The zero-order chi connectivity index (χ0) is 25.1.